The van der Waals surface area contributed by atoms with Gasteiger partial charge in [-0.05, 0) is 64.2 Å². The summed E-state index contributed by atoms with van der Waals surface area (Å²) in [6.07, 6.45) is 28.2. The second-order valence-corrected chi connectivity index (χ2v) is 17.1. The molecule has 1 aliphatic rings. The molecule has 0 aromatic rings. The van der Waals surface area contributed by atoms with E-state index in [-0.39, 0.29) is 44.3 Å². The van der Waals surface area contributed by atoms with Crippen molar-refractivity contribution in [2.24, 2.45) is 11.8 Å². The van der Waals surface area contributed by atoms with Gasteiger partial charge in [0, 0.05) is 43.9 Å². The van der Waals surface area contributed by atoms with Crippen molar-refractivity contribution in [2.75, 3.05) is 26.4 Å². The molecule has 0 aromatic carbocycles. The number of carbonyl (C=O) groups is 3. The number of carbonyl (C=O) groups excluding carboxylic acids is 3. The average Bonchev–Trinajstić information content (AvgIpc) is 3.49. The van der Waals surface area contributed by atoms with Gasteiger partial charge in [0.1, 0.15) is 18.5 Å². The number of rotatable bonds is 37. The predicted octanol–water partition coefficient (Wildman–Crippen LogP) is 7.45. The molecule has 1 saturated carbocycles. The van der Waals surface area contributed by atoms with Crippen LogP contribution in [-0.4, -0.2) is 105 Å². The number of Topliss-reactive ketones (excluding diaryl/α,β-unsaturated/α-hetero) is 1. The second-order valence-electron chi connectivity index (χ2n) is 15.7. The lowest BCUT2D eigenvalue weighted by molar-refractivity contribution is -0.161. The van der Waals surface area contributed by atoms with Crippen LogP contribution in [-0.2, 0) is 37.5 Å². The van der Waals surface area contributed by atoms with E-state index in [1.54, 1.807) is 12.2 Å². The van der Waals surface area contributed by atoms with Crippen LogP contribution in [0.4, 0.5) is 0 Å². The molecule has 0 radical (unpaired) electrons. The van der Waals surface area contributed by atoms with Crippen molar-refractivity contribution in [1.82, 2.24) is 0 Å². The smallest absolute Gasteiger partial charge is 0.462 e. The standard InChI is InChI=1S/C46H77O14P/c1-3-5-7-8-9-10-11-12-13-14-15-16-17-18-19-20-22-27-45(53)57-35-40(36-59-61(55,56)58-34-39(50)33-47)60-46(54)28-24-23-26-38(49)31-42-41(43(51)32-44(42)52)30-29-37(48)25-21-6-4-2/h9-10,12-13,15-16,18-19,29-30,37,39-44,47-48,50-52H,3-8,11,14,17,20-28,31-36H2,1-2H3,(H,55,56)/b10-9-,13-12-,16-15-,19-18-,30-29+/t37-,39-,40+,41+,42+,43+,44-/m0/s1. The van der Waals surface area contributed by atoms with Crippen molar-refractivity contribution < 1.29 is 67.9 Å². The number of unbranched alkanes of at least 4 members (excludes halogenated alkanes) is 7. The predicted molar refractivity (Wildman–Crippen MR) is 235 cm³/mol. The van der Waals surface area contributed by atoms with Crippen LogP contribution in [0.2, 0.25) is 0 Å². The van der Waals surface area contributed by atoms with Gasteiger partial charge >= 0.3 is 19.8 Å². The van der Waals surface area contributed by atoms with Gasteiger partial charge in [0.25, 0.3) is 0 Å². The fraction of sp³-hybridized carbons (Fsp3) is 0.717. The van der Waals surface area contributed by atoms with Gasteiger partial charge in [-0.25, -0.2) is 4.57 Å². The van der Waals surface area contributed by atoms with E-state index < -0.39 is 88.5 Å². The summed E-state index contributed by atoms with van der Waals surface area (Å²) >= 11 is 0. The first-order chi connectivity index (χ1) is 29.3. The molecule has 1 aliphatic carbocycles. The lowest BCUT2D eigenvalue weighted by atomic mass is 9.87. The molecule has 350 valence electrons. The highest BCUT2D eigenvalue weighted by molar-refractivity contribution is 7.47. The molecule has 1 rings (SSSR count). The van der Waals surface area contributed by atoms with Crippen LogP contribution < -0.4 is 0 Å². The van der Waals surface area contributed by atoms with Crippen LogP contribution in [0.5, 0.6) is 0 Å². The van der Waals surface area contributed by atoms with Crippen LogP contribution in [0.1, 0.15) is 142 Å². The number of ketones is 1. The Morgan fingerprint density at radius 3 is 1.92 bits per heavy atom. The van der Waals surface area contributed by atoms with Crippen molar-refractivity contribution >= 4 is 25.5 Å². The van der Waals surface area contributed by atoms with Gasteiger partial charge in [0.15, 0.2) is 6.10 Å². The minimum atomic E-state index is -4.74. The molecule has 1 fully saturated rings. The Balaban J connectivity index is 2.53. The fourth-order valence-corrected chi connectivity index (χ4v) is 7.36. The molecule has 14 nitrogen and oxygen atoms in total. The highest BCUT2D eigenvalue weighted by atomic mass is 31.2. The van der Waals surface area contributed by atoms with E-state index in [1.165, 1.54) is 19.3 Å². The van der Waals surface area contributed by atoms with Gasteiger partial charge in [-0.3, -0.25) is 23.4 Å². The summed E-state index contributed by atoms with van der Waals surface area (Å²) in [5, 5.41) is 49.7. The number of phosphoric ester groups is 1. The summed E-state index contributed by atoms with van der Waals surface area (Å²) in [4.78, 5) is 48.1. The third kappa shape index (κ3) is 30.0. The fourth-order valence-electron chi connectivity index (χ4n) is 6.57. The van der Waals surface area contributed by atoms with E-state index in [2.05, 4.69) is 54.8 Å². The maximum atomic E-state index is 12.9. The average molecular weight is 885 g/mol. The molecular formula is C46H77O14P. The number of hydrogen-bond acceptors (Lipinski definition) is 13. The van der Waals surface area contributed by atoms with Gasteiger partial charge < -0.3 is 39.9 Å². The summed E-state index contributed by atoms with van der Waals surface area (Å²) in [5.41, 5.74) is 0. The van der Waals surface area contributed by atoms with Crippen molar-refractivity contribution in [1.29, 1.82) is 0 Å². The van der Waals surface area contributed by atoms with Crippen LogP contribution in [0.3, 0.4) is 0 Å². The molecule has 0 bridgehead atoms. The highest BCUT2D eigenvalue weighted by Crippen LogP contribution is 2.43. The first-order valence-corrected chi connectivity index (χ1v) is 23.9. The molecule has 8 atom stereocenters. The summed E-state index contributed by atoms with van der Waals surface area (Å²) < 4.78 is 32.6. The Labute approximate surface area is 364 Å². The van der Waals surface area contributed by atoms with Crippen molar-refractivity contribution in [3.05, 3.63) is 60.8 Å². The monoisotopic (exact) mass is 885 g/mol. The summed E-state index contributed by atoms with van der Waals surface area (Å²) in [7, 11) is -4.74. The van der Waals surface area contributed by atoms with Crippen LogP contribution in [0.25, 0.3) is 0 Å². The van der Waals surface area contributed by atoms with E-state index in [4.69, 9.17) is 19.1 Å². The van der Waals surface area contributed by atoms with Gasteiger partial charge in [0.2, 0.25) is 0 Å². The number of aliphatic hydroxyl groups excluding tert-OH is 5. The zero-order valence-electron chi connectivity index (χ0n) is 36.7. The molecule has 1 unspecified atom stereocenters. The minimum absolute atomic E-state index is 0.0383. The molecule has 6 N–H and O–H groups in total. The Morgan fingerprint density at radius 1 is 0.705 bits per heavy atom. The number of phosphoric acid groups is 1. The van der Waals surface area contributed by atoms with E-state index in [9.17, 15) is 44.3 Å². The lowest BCUT2D eigenvalue weighted by Crippen LogP contribution is -2.29. The summed E-state index contributed by atoms with van der Waals surface area (Å²) in [5.74, 6) is -2.38. The number of aliphatic hydroxyl groups is 5. The van der Waals surface area contributed by atoms with Gasteiger partial charge in [0.05, 0.1) is 38.1 Å². The Hall–Kier alpha value is -2.78. The Kier molecular flexibility index (Phi) is 32.9. The highest BCUT2D eigenvalue weighted by Gasteiger charge is 2.41. The van der Waals surface area contributed by atoms with E-state index >= 15 is 0 Å². The molecule has 0 amide bonds. The Morgan fingerprint density at radius 2 is 1.28 bits per heavy atom. The Bertz CT molecular complexity index is 1380. The van der Waals surface area contributed by atoms with Crippen molar-refractivity contribution in [2.45, 2.75) is 173 Å². The topological polar surface area (TPSA) is 227 Å². The first kappa shape index (κ1) is 56.2. The number of ether oxygens (including phenoxy) is 2. The molecule has 15 heteroatoms. The third-order valence-electron chi connectivity index (χ3n) is 10.1. The summed E-state index contributed by atoms with van der Waals surface area (Å²) in [6, 6.07) is 0. The first-order valence-electron chi connectivity index (χ1n) is 22.4. The lowest BCUT2D eigenvalue weighted by Gasteiger charge is -2.21. The molecular weight excluding hydrogens is 807 g/mol. The zero-order valence-corrected chi connectivity index (χ0v) is 37.6. The van der Waals surface area contributed by atoms with Gasteiger partial charge in [-0.1, -0.05) is 107 Å². The van der Waals surface area contributed by atoms with E-state index in [1.807, 2.05) is 12.2 Å². The maximum absolute atomic E-state index is 12.9. The third-order valence-corrected chi connectivity index (χ3v) is 11.1. The normalized spacial score (nSPS) is 20.9. The van der Waals surface area contributed by atoms with Gasteiger partial charge in [-0.15, -0.1) is 0 Å². The molecule has 0 spiro atoms. The van der Waals surface area contributed by atoms with Crippen molar-refractivity contribution in [3.8, 4) is 0 Å². The minimum Gasteiger partial charge on any atom is -0.462 e. The molecule has 0 aliphatic heterocycles. The van der Waals surface area contributed by atoms with Crippen LogP contribution in [0, 0.1) is 11.8 Å². The molecule has 0 saturated heterocycles. The second kappa shape index (κ2) is 35.7. The quantitative estimate of drug-likeness (QED) is 0.0154. The van der Waals surface area contributed by atoms with E-state index in [0.717, 1.165) is 44.9 Å². The number of allylic oxidation sites excluding steroid dienone is 8. The van der Waals surface area contributed by atoms with E-state index in [0.29, 0.717) is 25.7 Å². The number of hydrogen-bond donors (Lipinski definition) is 6. The largest absolute Gasteiger partial charge is 0.472 e. The van der Waals surface area contributed by atoms with Crippen molar-refractivity contribution in [3.63, 3.8) is 0 Å². The molecule has 0 heterocycles. The summed E-state index contributed by atoms with van der Waals surface area (Å²) in [6.45, 7) is 1.73. The van der Waals surface area contributed by atoms with Gasteiger partial charge in [-0.2, -0.15) is 0 Å². The van der Waals surface area contributed by atoms with Crippen LogP contribution in [0.15, 0.2) is 60.8 Å². The number of esters is 2. The SMILES string of the molecule is CCCCC/C=C\C/C=C\C/C=C\C/C=C\CCCC(=O)OC[C@H](COP(=O)(O)OC[C@@H](O)CO)OC(=O)CCCCC(=O)C[C@@H]1[C@@H](/C=C/[C@@H](O)CCCCC)[C@H](O)C[C@@H]1O. The zero-order chi connectivity index (χ0) is 45.1. The molecule has 61 heavy (non-hydrogen) atoms. The maximum Gasteiger partial charge on any atom is 0.472 e. The van der Waals surface area contributed by atoms with Crippen LogP contribution >= 0.6 is 7.82 Å². The molecule has 0 aromatic heterocycles.